The SMILES string of the molecule is Cc1cccc(C(=N)N)c1OCc1ccccc1Br. The normalized spacial score (nSPS) is 10.2. The molecule has 0 amide bonds. The maximum atomic E-state index is 7.59. The molecule has 0 radical (unpaired) electrons. The molecule has 0 aliphatic rings. The zero-order valence-electron chi connectivity index (χ0n) is 10.6. The number of rotatable bonds is 4. The van der Waals surface area contributed by atoms with E-state index in [1.807, 2.05) is 43.3 Å². The smallest absolute Gasteiger partial charge is 0.133 e. The molecular formula is C15H15BrN2O. The topological polar surface area (TPSA) is 59.1 Å². The summed E-state index contributed by atoms with van der Waals surface area (Å²) < 4.78 is 6.85. The third kappa shape index (κ3) is 3.15. The number of aryl methyl sites for hydroxylation is 1. The quantitative estimate of drug-likeness (QED) is 0.668. The number of amidine groups is 1. The molecule has 3 N–H and O–H groups in total. The standard InChI is InChI=1S/C15H15BrN2O/c1-10-5-4-7-12(15(17)18)14(10)19-9-11-6-2-3-8-13(11)16/h2-8H,9H2,1H3,(H3,17,18). The van der Waals surface area contributed by atoms with E-state index < -0.39 is 0 Å². The predicted octanol–water partition coefficient (Wildman–Crippen LogP) is 3.62. The van der Waals surface area contributed by atoms with E-state index in [4.69, 9.17) is 15.9 Å². The van der Waals surface area contributed by atoms with E-state index in [-0.39, 0.29) is 5.84 Å². The molecule has 0 atom stereocenters. The van der Waals surface area contributed by atoms with E-state index in [0.717, 1.165) is 15.6 Å². The number of nitrogen functional groups attached to an aromatic ring is 1. The number of benzene rings is 2. The Balaban J connectivity index is 2.25. The summed E-state index contributed by atoms with van der Waals surface area (Å²) in [6.45, 7) is 2.38. The molecule has 0 fully saturated rings. The molecule has 3 nitrogen and oxygen atoms in total. The first-order valence-corrected chi connectivity index (χ1v) is 6.69. The highest BCUT2D eigenvalue weighted by Gasteiger charge is 2.10. The molecule has 0 aliphatic carbocycles. The second-order valence-electron chi connectivity index (χ2n) is 4.25. The Morgan fingerprint density at radius 2 is 1.95 bits per heavy atom. The molecule has 0 unspecified atom stereocenters. The molecule has 2 aromatic carbocycles. The molecular weight excluding hydrogens is 304 g/mol. The molecule has 0 heterocycles. The second kappa shape index (κ2) is 5.89. The van der Waals surface area contributed by atoms with Crippen LogP contribution < -0.4 is 10.5 Å². The molecule has 2 aromatic rings. The van der Waals surface area contributed by atoms with Crippen LogP contribution in [0.5, 0.6) is 5.75 Å². The van der Waals surface area contributed by atoms with Crippen molar-refractivity contribution in [3.8, 4) is 5.75 Å². The molecule has 0 spiro atoms. The third-order valence-corrected chi connectivity index (χ3v) is 3.61. The van der Waals surface area contributed by atoms with E-state index in [2.05, 4.69) is 15.9 Å². The fourth-order valence-electron chi connectivity index (χ4n) is 1.82. The zero-order valence-corrected chi connectivity index (χ0v) is 12.2. The number of hydrogen-bond donors (Lipinski definition) is 2. The Kier molecular flexibility index (Phi) is 4.22. The van der Waals surface area contributed by atoms with Gasteiger partial charge in [0.1, 0.15) is 18.2 Å². The molecule has 0 saturated carbocycles. The minimum atomic E-state index is 0.0193. The number of nitrogens with one attached hydrogen (secondary N) is 1. The number of halogens is 1. The highest BCUT2D eigenvalue weighted by molar-refractivity contribution is 9.10. The summed E-state index contributed by atoms with van der Waals surface area (Å²) in [4.78, 5) is 0. The van der Waals surface area contributed by atoms with Gasteiger partial charge in [0.05, 0.1) is 5.56 Å². The van der Waals surface area contributed by atoms with Crippen molar-refractivity contribution < 1.29 is 4.74 Å². The first-order chi connectivity index (χ1) is 9.09. The lowest BCUT2D eigenvalue weighted by Gasteiger charge is -2.14. The van der Waals surface area contributed by atoms with E-state index >= 15 is 0 Å². The van der Waals surface area contributed by atoms with Crippen LogP contribution in [0.3, 0.4) is 0 Å². The average Bonchev–Trinajstić information content (AvgIpc) is 2.38. The van der Waals surface area contributed by atoms with Crippen LogP contribution in [0.15, 0.2) is 46.9 Å². The summed E-state index contributed by atoms with van der Waals surface area (Å²) >= 11 is 3.49. The van der Waals surface area contributed by atoms with E-state index in [1.54, 1.807) is 6.07 Å². The Bertz CT molecular complexity index is 611. The minimum absolute atomic E-state index is 0.0193. The maximum Gasteiger partial charge on any atom is 0.133 e. The second-order valence-corrected chi connectivity index (χ2v) is 5.10. The first-order valence-electron chi connectivity index (χ1n) is 5.90. The number of nitrogens with two attached hydrogens (primary N) is 1. The summed E-state index contributed by atoms with van der Waals surface area (Å²) in [5.41, 5.74) is 8.24. The maximum absolute atomic E-state index is 7.59. The van der Waals surface area contributed by atoms with Gasteiger partial charge in [-0.1, -0.05) is 46.3 Å². The molecule has 4 heteroatoms. The van der Waals surface area contributed by atoms with Gasteiger partial charge in [-0.2, -0.15) is 0 Å². The number of para-hydroxylation sites is 1. The van der Waals surface area contributed by atoms with Crippen LogP contribution >= 0.6 is 15.9 Å². The summed E-state index contributed by atoms with van der Waals surface area (Å²) in [5.74, 6) is 0.691. The summed E-state index contributed by atoms with van der Waals surface area (Å²) in [7, 11) is 0. The van der Waals surface area contributed by atoms with Crippen molar-refractivity contribution in [2.24, 2.45) is 5.73 Å². The molecule has 0 bridgehead atoms. The number of ether oxygens (including phenoxy) is 1. The van der Waals surface area contributed by atoms with Crippen molar-refractivity contribution in [2.75, 3.05) is 0 Å². The van der Waals surface area contributed by atoms with Crippen molar-refractivity contribution in [2.45, 2.75) is 13.5 Å². The van der Waals surface area contributed by atoms with Gasteiger partial charge in [0.2, 0.25) is 0 Å². The van der Waals surface area contributed by atoms with E-state index in [9.17, 15) is 0 Å². The van der Waals surface area contributed by atoms with Gasteiger partial charge < -0.3 is 10.5 Å². The Hall–Kier alpha value is -1.81. The molecule has 98 valence electrons. The van der Waals surface area contributed by atoms with E-state index in [1.165, 1.54) is 0 Å². The van der Waals surface area contributed by atoms with Gasteiger partial charge in [0.15, 0.2) is 0 Å². The highest BCUT2D eigenvalue weighted by Crippen LogP contribution is 2.25. The summed E-state index contributed by atoms with van der Waals surface area (Å²) in [5, 5.41) is 7.59. The van der Waals surface area contributed by atoms with Crippen LogP contribution in [0.25, 0.3) is 0 Å². The van der Waals surface area contributed by atoms with Gasteiger partial charge in [0, 0.05) is 10.0 Å². The van der Waals surface area contributed by atoms with Crippen molar-refractivity contribution in [3.05, 3.63) is 63.6 Å². The lowest BCUT2D eigenvalue weighted by atomic mass is 10.1. The lowest BCUT2D eigenvalue weighted by molar-refractivity contribution is 0.302. The van der Waals surface area contributed by atoms with Crippen molar-refractivity contribution in [3.63, 3.8) is 0 Å². The van der Waals surface area contributed by atoms with Crippen LogP contribution in [0.1, 0.15) is 16.7 Å². The van der Waals surface area contributed by atoms with Gasteiger partial charge >= 0.3 is 0 Å². The van der Waals surface area contributed by atoms with Crippen LogP contribution in [0, 0.1) is 12.3 Å². The minimum Gasteiger partial charge on any atom is -0.488 e. The summed E-state index contributed by atoms with van der Waals surface area (Å²) in [6, 6.07) is 13.5. The van der Waals surface area contributed by atoms with Gasteiger partial charge in [0.25, 0.3) is 0 Å². The lowest BCUT2D eigenvalue weighted by Crippen LogP contribution is -2.13. The fraction of sp³-hybridized carbons (Fsp3) is 0.133. The molecule has 19 heavy (non-hydrogen) atoms. The Labute approximate surface area is 121 Å². The molecule has 2 rings (SSSR count). The molecule has 0 saturated heterocycles. The third-order valence-electron chi connectivity index (χ3n) is 2.83. The van der Waals surface area contributed by atoms with E-state index in [0.29, 0.717) is 17.9 Å². The molecule has 0 aliphatic heterocycles. The Morgan fingerprint density at radius 3 is 2.63 bits per heavy atom. The Morgan fingerprint density at radius 1 is 1.21 bits per heavy atom. The van der Waals surface area contributed by atoms with Crippen molar-refractivity contribution in [1.29, 1.82) is 5.41 Å². The fourth-order valence-corrected chi connectivity index (χ4v) is 2.22. The van der Waals surface area contributed by atoms with Crippen LogP contribution in [-0.4, -0.2) is 5.84 Å². The van der Waals surface area contributed by atoms with Gasteiger partial charge in [-0.15, -0.1) is 0 Å². The number of hydrogen-bond acceptors (Lipinski definition) is 2. The van der Waals surface area contributed by atoms with Gasteiger partial charge in [-0.05, 0) is 24.6 Å². The summed E-state index contributed by atoms with van der Waals surface area (Å²) in [6.07, 6.45) is 0. The van der Waals surface area contributed by atoms with Crippen LogP contribution in [0.4, 0.5) is 0 Å². The van der Waals surface area contributed by atoms with Crippen molar-refractivity contribution in [1.82, 2.24) is 0 Å². The monoisotopic (exact) mass is 318 g/mol. The van der Waals surface area contributed by atoms with Crippen LogP contribution in [-0.2, 0) is 6.61 Å². The largest absolute Gasteiger partial charge is 0.488 e. The average molecular weight is 319 g/mol. The predicted molar refractivity (Wildman–Crippen MR) is 80.7 cm³/mol. The zero-order chi connectivity index (χ0) is 13.8. The van der Waals surface area contributed by atoms with Crippen LogP contribution in [0.2, 0.25) is 0 Å². The molecule has 0 aromatic heterocycles. The first kappa shape index (κ1) is 13.6. The highest BCUT2D eigenvalue weighted by atomic mass is 79.9. The van der Waals surface area contributed by atoms with Crippen molar-refractivity contribution >= 4 is 21.8 Å². The van der Waals surface area contributed by atoms with Gasteiger partial charge in [-0.25, -0.2) is 0 Å². The van der Waals surface area contributed by atoms with Gasteiger partial charge in [-0.3, -0.25) is 5.41 Å².